The Morgan fingerprint density at radius 3 is 1.96 bits per heavy atom. The highest BCUT2D eigenvalue weighted by Gasteiger charge is 2.30. The van der Waals surface area contributed by atoms with Gasteiger partial charge in [0.05, 0.1) is 11.3 Å². The zero-order valence-electron chi connectivity index (χ0n) is 19.0. The number of rotatable bonds is 2. The molecule has 1 aromatic carbocycles. The quantitative estimate of drug-likeness (QED) is 0.572. The second-order valence-electron chi connectivity index (χ2n) is 5.61. The van der Waals surface area contributed by atoms with Gasteiger partial charge in [0.15, 0.2) is 5.43 Å². The minimum absolute atomic E-state index is 0.0481. The van der Waals surface area contributed by atoms with Crippen molar-refractivity contribution in [2.45, 2.75) is 81.7 Å². The first-order valence-electron chi connectivity index (χ1n) is 10.4. The SMILES string of the molecule is CC.CC.CC.CCn1c(C)c(C)c(=O)c2c1N=C(c1ccccc1)C2C. The molecule has 0 radical (unpaired) electrons. The van der Waals surface area contributed by atoms with Gasteiger partial charge in [-0.2, -0.15) is 0 Å². The predicted molar refractivity (Wildman–Crippen MR) is 121 cm³/mol. The Hall–Kier alpha value is -2.16. The Labute approximate surface area is 166 Å². The first-order chi connectivity index (χ1) is 13.1. The fraction of sp³-hybridized carbons (Fsp3) is 0.500. The van der Waals surface area contributed by atoms with Gasteiger partial charge in [-0.25, -0.2) is 4.99 Å². The van der Waals surface area contributed by atoms with E-state index >= 15 is 0 Å². The maximum Gasteiger partial charge on any atom is 0.190 e. The lowest BCUT2D eigenvalue weighted by Gasteiger charge is -2.16. The molecule has 0 N–H and O–H groups in total. The molecule has 27 heavy (non-hydrogen) atoms. The fourth-order valence-electron chi connectivity index (χ4n) is 3.14. The second-order valence-corrected chi connectivity index (χ2v) is 5.61. The van der Waals surface area contributed by atoms with Gasteiger partial charge in [-0.3, -0.25) is 4.79 Å². The molecule has 0 aliphatic carbocycles. The fourth-order valence-corrected chi connectivity index (χ4v) is 3.14. The molecule has 1 aliphatic heterocycles. The summed E-state index contributed by atoms with van der Waals surface area (Å²) >= 11 is 0. The van der Waals surface area contributed by atoms with Crippen molar-refractivity contribution in [3.63, 3.8) is 0 Å². The second kappa shape index (κ2) is 12.3. The van der Waals surface area contributed by atoms with Crippen LogP contribution in [0, 0.1) is 13.8 Å². The minimum atomic E-state index is 0.0481. The summed E-state index contributed by atoms with van der Waals surface area (Å²) in [6.45, 7) is 20.9. The van der Waals surface area contributed by atoms with Crippen LogP contribution in [-0.4, -0.2) is 10.3 Å². The molecule has 3 nitrogen and oxygen atoms in total. The van der Waals surface area contributed by atoms with Crippen LogP contribution in [0.15, 0.2) is 40.1 Å². The molecule has 150 valence electrons. The maximum atomic E-state index is 12.7. The largest absolute Gasteiger partial charge is 0.330 e. The topological polar surface area (TPSA) is 34.4 Å². The lowest BCUT2D eigenvalue weighted by Crippen LogP contribution is -2.21. The first-order valence-corrected chi connectivity index (χ1v) is 10.4. The van der Waals surface area contributed by atoms with Crippen molar-refractivity contribution in [1.29, 1.82) is 0 Å². The van der Waals surface area contributed by atoms with Gasteiger partial charge >= 0.3 is 0 Å². The van der Waals surface area contributed by atoms with Crippen LogP contribution in [0.1, 0.15) is 83.7 Å². The molecule has 3 rings (SSSR count). The van der Waals surface area contributed by atoms with Crippen LogP contribution in [-0.2, 0) is 6.54 Å². The molecule has 1 aromatic heterocycles. The van der Waals surface area contributed by atoms with E-state index in [1.165, 1.54) is 0 Å². The smallest absolute Gasteiger partial charge is 0.190 e. The highest BCUT2D eigenvalue weighted by atomic mass is 16.1. The van der Waals surface area contributed by atoms with Crippen molar-refractivity contribution in [1.82, 2.24) is 4.57 Å². The zero-order chi connectivity index (χ0) is 21.1. The van der Waals surface area contributed by atoms with E-state index in [1.807, 2.05) is 73.6 Å². The number of hydrogen-bond acceptors (Lipinski definition) is 2. The summed E-state index contributed by atoms with van der Waals surface area (Å²) in [4.78, 5) is 17.5. The van der Waals surface area contributed by atoms with E-state index in [-0.39, 0.29) is 11.3 Å². The average Bonchev–Trinajstić information content (AvgIpc) is 3.09. The molecule has 2 aromatic rings. The molecule has 0 fully saturated rings. The van der Waals surface area contributed by atoms with E-state index in [4.69, 9.17) is 4.99 Å². The van der Waals surface area contributed by atoms with Crippen LogP contribution in [0.3, 0.4) is 0 Å². The number of benzene rings is 1. The number of hydrogen-bond donors (Lipinski definition) is 0. The van der Waals surface area contributed by atoms with Gasteiger partial charge in [0.1, 0.15) is 5.82 Å². The van der Waals surface area contributed by atoms with E-state index in [0.29, 0.717) is 0 Å². The number of aromatic nitrogens is 1. The Bertz CT molecular complexity index is 786. The summed E-state index contributed by atoms with van der Waals surface area (Å²) in [7, 11) is 0. The van der Waals surface area contributed by atoms with Crippen molar-refractivity contribution >= 4 is 11.5 Å². The number of pyridine rings is 1. The Balaban J connectivity index is 0.00000103. The van der Waals surface area contributed by atoms with E-state index in [1.54, 1.807) is 0 Å². The van der Waals surface area contributed by atoms with Crippen LogP contribution in [0.5, 0.6) is 0 Å². The van der Waals surface area contributed by atoms with Crippen LogP contribution < -0.4 is 5.43 Å². The number of aliphatic imine (C=N–C) groups is 1. The van der Waals surface area contributed by atoms with Gasteiger partial charge in [-0.1, -0.05) is 78.8 Å². The van der Waals surface area contributed by atoms with Crippen LogP contribution in [0.2, 0.25) is 0 Å². The summed E-state index contributed by atoms with van der Waals surface area (Å²) in [5.41, 5.74) is 4.94. The standard InChI is InChI=1S/C18H20N2O.3C2H6/c1-5-20-13(4)11(2)17(21)15-12(3)16(19-18(15)20)14-9-7-6-8-10-14;3*1-2/h6-10,12H,5H2,1-4H3;3*1-2H3. The number of fused-ring (bicyclic) bond motifs is 1. The molecule has 0 spiro atoms. The molecule has 1 unspecified atom stereocenters. The van der Waals surface area contributed by atoms with Gasteiger partial charge in [0.25, 0.3) is 0 Å². The van der Waals surface area contributed by atoms with Crippen LogP contribution in [0.4, 0.5) is 5.82 Å². The van der Waals surface area contributed by atoms with Crippen molar-refractivity contribution in [2.24, 2.45) is 4.99 Å². The summed E-state index contributed by atoms with van der Waals surface area (Å²) in [5, 5.41) is 0. The normalized spacial score (nSPS) is 13.7. The monoisotopic (exact) mass is 370 g/mol. The summed E-state index contributed by atoms with van der Waals surface area (Å²) in [6.07, 6.45) is 0. The molecule has 2 heterocycles. The van der Waals surface area contributed by atoms with E-state index in [2.05, 4.69) is 30.5 Å². The van der Waals surface area contributed by atoms with Gasteiger partial charge in [-0.05, 0) is 26.3 Å². The lowest BCUT2D eigenvalue weighted by atomic mass is 9.93. The Kier molecular flexibility index (Phi) is 11.3. The third-order valence-electron chi connectivity index (χ3n) is 4.48. The lowest BCUT2D eigenvalue weighted by molar-refractivity contribution is 0.718. The van der Waals surface area contributed by atoms with Gasteiger partial charge in [0.2, 0.25) is 0 Å². The summed E-state index contributed by atoms with van der Waals surface area (Å²) in [6, 6.07) is 10.1. The van der Waals surface area contributed by atoms with Gasteiger partial charge < -0.3 is 4.57 Å². The zero-order valence-corrected chi connectivity index (χ0v) is 19.0. The summed E-state index contributed by atoms with van der Waals surface area (Å²) in [5.74, 6) is 0.893. The highest BCUT2D eigenvalue weighted by molar-refractivity contribution is 6.09. The Morgan fingerprint density at radius 1 is 0.963 bits per heavy atom. The van der Waals surface area contributed by atoms with Gasteiger partial charge in [-0.15, -0.1) is 0 Å². The highest BCUT2D eigenvalue weighted by Crippen LogP contribution is 2.36. The Morgan fingerprint density at radius 2 is 1.48 bits per heavy atom. The molecule has 0 saturated heterocycles. The van der Waals surface area contributed by atoms with Crippen molar-refractivity contribution < 1.29 is 0 Å². The van der Waals surface area contributed by atoms with Crippen molar-refractivity contribution in [2.75, 3.05) is 0 Å². The molecule has 1 atom stereocenters. The molecule has 0 saturated carbocycles. The van der Waals surface area contributed by atoms with Crippen LogP contribution in [0.25, 0.3) is 0 Å². The molecule has 1 aliphatic rings. The first kappa shape index (κ1) is 24.8. The molecular formula is C24H38N2O. The molecular weight excluding hydrogens is 332 g/mol. The van der Waals surface area contributed by atoms with Crippen molar-refractivity contribution in [3.05, 3.63) is 62.9 Å². The van der Waals surface area contributed by atoms with E-state index < -0.39 is 0 Å². The maximum absolute atomic E-state index is 12.7. The van der Waals surface area contributed by atoms with E-state index in [9.17, 15) is 4.79 Å². The minimum Gasteiger partial charge on any atom is -0.330 e. The third-order valence-corrected chi connectivity index (χ3v) is 4.48. The predicted octanol–water partition coefficient (Wildman–Crippen LogP) is 6.80. The van der Waals surface area contributed by atoms with Gasteiger partial charge in [0, 0.05) is 23.7 Å². The average molecular weight is 371 g/mol. The molecule has 0 bridgehead atoms. The molecule has 3 heteroatoms. The molecule has 0 amide bonds. The van der Waals surface area contributed by atoms with Crippen LogP contribution >= 0.6 is 0 Å². The van der Waals surface area contributed by atoms with E-state index in [0.717, 1.165) is 40.5 Å². The summed E-state index contributed by atoms with van der Waals surface area (Å²) < 4.78 is 2.15. The van der Waals surface area contributed by atoms with Crippen molar-refractivity contribution in [3.8, 4) is 0 Å². The third kappa shape index (κ3) is 4.97. The number of nitrogens with zero attached hydrogens (tertiary/aromatic N) is 2.